The summed E-state index contributed by atoms with van der Waals surface area (Å²) in [5.74, 6) is 0.269. The van der Waals surface area contributed by atoms with E-state index in [0.29, 0.717) is 18.9 Å². The van der Waals surface area contributed by atoms with E-state index in [4.69, 9.17) is 0 Å². The van der Waals surface area contributed by atoms with E-state index in [2.05, 4.69) is 20.4 Å². The number of nitrogens with zero attached hydrogens (tertiary/aromatic N) is 1. The molecular formula is C16H25FIN3O2. The Morgan fingerprint density at radius 3 is 2.70 bits per heavy atom. The van der Waals surface area contributed by atoms with Crippen LogP contribution in [0.15, 0.2) is 29.3 Å². The SMILES string of the molecule is CN=C(NCCCCCC(=O)OC)NCc1cccc(F)c1.I. The molecule has 5 nitrogen and oxygen atoms in total. The molecule has 0 radical (unpaired) electrons. The van der Waals surface area contributed by atoms with Gasteiger partial charge in [0.15, 0.2) is 5.96 Å². The standard InChI is InChI=1S/C16H24FN3O2.HI/c1-18-16(19-10-5-3-4-9-15(21)22-2)20-12-13-7-6-8-14(17)11-13;/h6-8,11H,3-5,9-10,12H2,1-2H3,(H2,18,19,20);1H. The topological polar surface area (TPSA) is 62.7 Å². The summed E-state index contributed by atoms with van der Waals surface area (Å²) in [4.78, 5) is 15.1. The number of esters is 1. The highest BCUT2D eigenvalue weighted by atomic mass is 127. The number of nitrogens with one attached hydrogen (secondary N) is 2. The van der Waals surface area contributed by atoms with E-state index in [1.165, 1.54) is 19.2 Å². The van der Waals surface area contributed by atoms with Crippen LogP contribution in [0.1, 0.15) is 31.2 Å². The van der Waals surface area contributed by atoms with Gasteiger partial charge in [0, 0.05) is 26.6 Å². The minimum Gasteiger partial charge on any atom is -0.469 e. The molecule has 0 saturated carbocycles. The number of halogens is 2. The number of carbonyl (C=O) groups is 1. The molecule has 0 spiro atoms. The van der Waals surface area contributed by atoms with Gasteiger partial charge in [0.1, 0.15) is 5.82 Å². The van der Waals surface area contributed by atoms with Crippen molar-refractivity contribution < 1.29 is 13.9 Å². The summed E-state index contributed by atoms with van der Waals surface area (Å²) in [5, 5.41) is 6.31. The van der Waals surface area contributed by atoms with Crippen LogP contribution < -0.4 is 10.6 Å². The number of benzene rings is 1. The van der Waals surface area contributed by atoms with E-state index in [0.717, 1.165) is 31.4 Å². The molecule has 0 aliphatic heterocycles. The van der Waals surface area contributed by atoms with E-state index in [9.17, 15) is 9.18 Å². The molecule has 1 rings (SSSR count). The highest BCUT2D eigenvalue weighted by Crippen LogP contribution is 2.03. The van der Waals surface area contributed by atoms with Crippen LogP contribution in [0.4, 0.5) is 4.39 Å². The van der Waals surface area contributed by atoms with Crippen molar-refractivity contribution in [2.24, 2.45) is 4.99 Å². The van der Waals surface area contributed by atoms with Crippen molar-refractivity contribution >= 4 is 35.9 Å². The zero-order valence-electron chi connectivity index (χ0n) is 13.6. The highest BCUT2D eigenvalue weighted by Gasteiger charge is 2.01. The van der Waals surface area contributed by atoms with Gasteiger partial charge in [-0.25, -0.2) is 4.39 Å². The average Bonchev–Trinajstić information content (AvgIpc) is 2.53. The molecule has 0 saturated heterocycles. The first-order valence-corrected chi connectivity index (χ1v) is 7.41. The fraction of sp³-hybridized carbons (Fsp3) is 0.500. The zero-order valence-corrected chi connectivity index (χ0v) is 15.9. The summed E-state index contributed by atoms with van der Waals surface area (Å²) in [7, 11) is 3.09. The number of hydrogen-bond acceptors (Lipinski definition) is 3. The summed E-state index contributed by atoms with van der Waals surface area (Å²) in [6, 6.07) is 6.46. The minimum absolute atomic E-state index is 0. The predicted molar refractivity (Wildman–Crippen MR) is 101 cm³/mol. The number of unbranched alkanes of at least 4 members (excludes halogenated alkanes) is 2. The summed E-state index contributed by atoms with van der Waals surface area (Å²) in [6.45, 7) is 1.28. The van der Waals surface area contributed by atoms with E-state index in [1.807, 2.05) is 6.07 Å². The Labute approximate surface area is 154 Å². The Morgan fingerprint density at radius 2 is 2.04 bits per heavy atom. The predicted octanol–water partition coefficient (Wildman–Crippen LogP) is 2.84. The summed E-state index contributed by atoms with van der Waals surface area (Å²) in [6.07, 6.45) is 3.17. The maximum absolute atomic E-state index is 13.1. The lowest BCUT2D eigenvalue weighted by atomic mass is 10.2. The third-order valence-corrected chi connectivity index (χ3v) is 3.15. The second-order valence-electron chi connectivity index (χ2n) is 4.87. The third kappa shape index (κ3) is 10.1. The number of methoxy groups -OCH3 is 1. The number of rotatable bonds is 8. The van der Waals surface area contributed by atoms with Crippen LogP contribution in [0, 0.1) is 5.82 Å². The third-order valence-electron chi connectivity index (χ3n) is 3.15. The van der Waals surface area contributed by atoms with Gasteiger partial charge in [0.2, 0.25) is 0 Å². The molecule has 0 atom stereocenters. The minimum atomic E-state index is -0.243. The number of ether oxygens (including phenoxy) is 1. The lowest BCUT2D eigenvalue weighted by molar-refractivity contribution is -0.140. The molecule has 0 fully saturated rings. The van der Waals surface area contributed by atoms with Crippen molar-refractivity contribution in [3.8, 4) is 0 Å². The van der Waals surface area contributed by atoms with Crippen LogP contribution in [0.5, 0.6) is 0 Å². The molecule has 0 aromatic heterocycles. The largest absolute Gasteiger partial charge is 0.469 e. The Hall–Kier alpha value is -1.38. The van der Waals surface area contributed by atoms with Gasteiger partial charge in [-0.15, -0.1) is 24.0 Å². The van der Waals surface area contributed by atoms with E-state index < -0.39 is 0 Å². The Bertz CT molecular complexity index is 498. The Balaban J connectivity index is 0.00000484. The highest BCUT2D eigenvalue weighted by molar-refractivity contribution is 14.0. The van der Waals surface area contributed by atoms with Gasteiger partial charge in [-0.1, -0.05) is 18.6 Å². The summed E-state index contributed by atoms with van der Waals surface area (Å²) in [5.41, 5.74) is 0.862. The first-order chi connectivity index (χ1) is 10.7. The maximum Gasteiger partial charge on any atom is 0.305 e. The maximum atomic E-state index is 13.1. The van der Waals surface area contributed by atoms with E-state index >= 15 is 0 Å². The van der Waals surface area contributed by atoms with Crippen LogP contribution in [-0.2, 0) is 16.1 Å². The second kappa shape index (κ2) is 13.1. The van der Waals surface area contributed by atoms with Crippen molar-refractivity contribution in [2.75, 3.05) is 20.7 Å². The van der Waals surface area contributed by atoms with Crippen LogP contribution in [0.2, 0.25) is 0 Å². The molecule has 2 N–H and O–H groups in total. The van der Waals surface area contributed by atoms with Crippen LogP contribution in [0.25, 0.3) is 0 Å². The van der Waals surface area contributed by atoms with Crippen LogP contribution in [0.3, 0.4) is 0 Å². The number of carbonyl (C=O) groups excluding carboxylic acids is 1. The Kier molecular flexibility index (Phi) is 12.3. The lowest BCUT2D eigenvalue weighted by Crippen LogP contribution is -2.37. The quantitative estimate of drug-likeness (QED) is 0.216. The molecule has 0 unspecified atom stereocenters. The number of guanidine groups is 1. The van der Waals surface area contributed by atoms with Gasteiger partial charge in [0.05, 0.1) is 7.11 Å². The molecule has 1 aromatic rings. The van der Waals surface area contributed by atoms with Crippen molar-refractivity contribution in [1.82, 2.24) is 10.6 Å². The number of aliphatic imine (C=N–C) groups is 1. The molecule has 7 heteroatoms. The van der Waals surface area contributed by atoms with Crippen molar-refractivity contribution in [2.45, 2.75) is 32.2 Å². The van der Waals surface area contributed by atoms with Gasteiger partial charge in [-0.05, 0) is 30.5 Å². The second-order valence-corrected chi connectivity index (χ2v) is 4.87. The monoisotopic (exact) mass is 437 g/mol. The van der Waals surface area contributed by atoms with Crippen LogP contribution in [-0.4, -0.2) is 32.6 Å². The molecule has 1 aromatic carbocycles. The average molecular weight is 437 g/mol. The summed E-state index contributed by atoms with van der Waals surface area (Å²) < 4.78 is 17.7. The molecular weight excluding hydrogens is 412 g/mol. The van der Waals surface area contributed by atoms with Crippen LogP contribution >= 0.6 is 24.0 Å². The molecule has 130 valence electrons. The van der Waals surface area contributed by atoms with Gasteiger partial charge in [-0.3, -0.25) is 9.79 Å². The molecule has 0 aliphatic rings. The van der Waals surface area contributed by atoms with Gasteiger partial charge in [0.25, 0.3) is 0 Å². The van der Waals surface area contributed by atoms with E-state index in [-0.39, 0.29) is 35.8 Å². The van der Waals surface area contributed by atoms with E-state index in [1.54, 1.807) is 13.1 Å². The zero-order chi connectivity index (χ0) is 16.2. The van der Waals surface area contributed by atoms with Crippen molar-refractivity contribution in [1.29, 1.82) is 0 Å². The number of hydrogen-bond donors (Lipinski definition) is 2. The molecule has 23 heavy (non-hydrogen) atoms. The van der Waals surface area contributed by atoms with Gasteiger partial charge < -0.3 is 15.4 Å². The fourth-order valence-corrected chi connectivity index (χ4v) is 1.93. The van der Waals surface area contributed by atoms with Crippen molar-refractivity contribution in [3.63, 3.8) is 0 Å². The lowest BCUT2D eigenvalue weighted by Gasteiger charge is -2.12. The first kappa shape index (κ1) is 21.6. The Morgan fingerprint density at radius 1 is 1.26 bits per heavy atom. The molecule has 0 heterocycles. The van der Waals surface area contributed by atoms with Gasteiger partial charge in [-0.2, -0.15) is 0 Å². The molecule has 0 bridgehead atoms. The van der Waals surface area contributed by atoms with Crippen molar-refractivity contribution in [3.05, 3.63) is 35.6 Å². The van der Waals surface area contributed by atoms with Gasteiger partial charge >= 0.3 is 5.97 Å². The fourth-order valence-electron chi connectivity index (χ4n) is 1.93. The molecule has 0 aliphatic carbocycles. The normalized spacial score (nSPS) is 10.7. The summed E-state index contributed by atoms with van der Waals surface area (Å²) >= 11 is 0. The molecule has 0 amide bonds. The first-order valence-electron chi connectivity index (χ1n) is 7.41. The smallest absolute Gasteiger partial charge is 0.305 e.